The summed E-state index contributed by atoms with van der Waals surface area (Å²) in [6.45, 7) is 5.60. The van der Waals surface area contributed by atoms with E-state index in [0.717, 1.165) is 50.5 Å². The molecule has 19 heavy (non-hydrogen) atoms. The summed E-state index contributed by atoms with van der Waals surface area (Å²) in [5.41, 5.74) is 2.25. The molecule has 0 saturated carbocycles. The molecule has 4 nitrogen and oxygen atoms in total. The van der Waals surface area contributed by atoms with Gasteiger partial charge in [0.15, 0.2) is 0 Å². The van der Waals surface area contributed by atoms with Crippen LogP contribution in [0.5, 0.6) is 0 Å². The van der Waals surface area contributed by atoms with Crippen LogP contribution in [0.25, 0.3) is 11.0 Å². The predicted molar refractivity (Wildman–Crippen MR) is 78.1 cm³/mol. The van der Waals surface area contributed by atoms with Crippen molar-refractivity contribution in [1.29, 1.82) is 0 Å². The number of hydrogen-bond acceptors (Lipinski definition) is 3. The normalized spacial score (nSPS) is 11.3. The molecular formula is C15H23N3O. The molecule has 0 fully saturated rings. The molecule has 0 saturated heterocycles. The average molecular weight is 261 g/mol. The summed E-state index contributed by atoms with van der Waals surface area (Å²) in [5, 5.41) is 3.42. The Hall–Kier alpha value is -1.39. The van der Waals surface area contributed by atoms with Crippen molar-refractivity contribution in [3.63, 3.8) is 0 Å². The number of nitrogens with zero attached hydrogens (tertiary/aromatic N) is 2. The number of benzene rings is 1. The standard InChI is InChI=1S/C15H23N3O/c1-3-10-19-11-6-9-16-12-15-17-13-7-4-5-8-14(13)18(15)2/h4-5,7-8,16H,3,6,9-12H2,1-2H3. The minimum absolute atomic E-state index is 0.805. The van der Waals surface area contributed by atoms with Crippen LogP contribution in [-0.2, 0) is 18.3 Å². The maximum absolute atomic E-state index is 5.45. The first-order chi connectivity index (χ1) is 9.33. The average Bonchev–Trinajstić information content (AvgIpc) is 2.75. The minimum Gasteiger partial charge on any atom is -0.381 e. The molecule has 1 N–H and O–H groups in total. The van der Waals surface area contributed by atoms with Crippen LogP contribution in [0.15, 0.2) is 24.3 Å². The number of imidazole rings is 1. The van der Waals surface area contributed by atoms with Crippen LogP contribution in [0, 0.1) is 0 Å². The maximum atomic E-state index is 5.45. The third-order valence-corrected chi connectivity index (χ3v) is 3.15. The monoisotopic (exact) mass is 261 g/mol. The zero-order chi connectivity index (χ0) is 13.5. The third-order valence-electron chi connectivity index (χ3n) is 3.15. The summed E-state index contributed by atoms with van der Waals surface area (Å²) in [6, 6.07) is 8.23. The summed E-state index contributed by atoms with van der Waals surface area (Å²) in [6.07, 6.45) is 2.14. The fraction of sp³-hybridized carbons (Fsp3) is 0.533. The fourth-order valence-electron chi connectivity index (χ4n) is 2.10. The van der Waals surface area contributed by atoms with Gasteiger partial charge in [-0.05, 0) is 31.5 Å². The first-order valence-corrected chi connectivity index (χ1v) is 7.01. The van der Waals surface area contributed by atoms with Crippen LogP contribution in [0.3, 0.4) is 0 Å². The van der Waals surface area contributed by atoms with Gasteiger partial charge < -0.3 is 14.6 Å². The summed E-state index contributed by atoms with van der Waals surface area (Å²) in [7, 11) is 2.07. The van der Waals surface area contributed by atoms with Crippen molar-refractivity contribution in [3.05, 3.63) is 30.1 Å². The second-order valence-corrected chi connectivity index (χ2v) is 4.72. The minimum atomic E-state index is 0.805. The van der Waals surface area contributed by atoms with Crippen LogP contribution in [-0.4, -0.2) is 29.3 Å². The zero-order valence-electron chi connectivity index (χ0n) is 11.9. The molecule has 4 heteroatoms. The van der Waals surface area contributed by atoms with Crippen molar-refractivity contribution in [2.45, 2.75) is 26.3 Å². The lowest BCUT2D eigenvalue weighted by atomic mass is 10.3. The number of rotatable bonds is 8. The van der Waals surface area contributed by atoms with Gasteiger partial charge in [0.2, 0.25) is 0 Å². The number of ether oxygens (including phenoxy) is 1. The lowest BCUT2D eigenvalue weighted by molar-refractivity contribution is 0.132. The summed E-state index contributed by atoms with van der Waals surface area (Å²) in [5.74, 6) is 1.08. The zero-order valence-corrected chi connectivity index (χ0v) is 11.9. The van der Waals surface area contributed by atoms with E-state index in [1.807, 2.05) is 12.1 Å². The molecule has 0 amide bonds. The molecular weight excluding hydrogens is 238 g/mol. The highest BCUT2D eigenvalue weighted by molar-refractivity contribution is 5.75. The summed E-state index contributed by atoms with van der Waals surface area (Å²) >= 11 is 0. The topological polar surface area (TPSA) is 39.1 Å². The van der Waals surface area contributed by atoms with E-state index in [4.69, 9.17) is 4.74 Å². The van der Waals surface area contributed by atoms with E-state index < -0.39 is 0 Å². The van der Waals surface area contributed by atoms with Gasteiger partial charge in [-0.3, -0.25) is 0 Å². The number of para-hydroxylation sites is 2. The molecule has 0 bridgehead atoms. The summed E-state index contributed by atoms with van der Waals surface area (Å²) in [4.78, 5) is 4.63. The van der Waals surface area contributed by atoms with E-state index in [1.165, 1.54) is 5.52 Å². The molecule has 1 heterocycles. The number of fused-ring (bicyclic) bond motifs is 1. The fourth-order valence-corrected chi connectivity index (χ4v) is 2.10. The van der Waals surface area contributed by atoms with Crippen LogP contribution in [0.1, 0.15) is 25.6 Å². The van der Waals surface area contributed by atoms with E-state index >= 15 is 0 Å². The molecule has 1 aromatic carbocycles. The van der Waals surface area contributed by atoms with Gasteiger partial charge in [-0.15, -0.1) is 0 Å². The quantitative estimate of drug-likeness (QED) is 0.742. The van der Waals surface area contributed by atoms with Gasteiger partial charge in [0.25, 0.3) is 0 Å². The molecule has 0 aliphatic heterocycles. The van der Waals surface area contributed by atoms with Crippen LogP contribution < -0.4 is 5.32 Å². The highest BCUT2D eigenvalue weighted by Gasteiger charge is 2.05. The van der Waals surface area contributed by atoms with Crippen molar-refractivity contribution in [2.75, 3.05) is 19.8 Å². The number of aromatic nitrogens is 2. The van der Waals surface area contributed by atoms with Gasteiger partial charge >= 0.3 is 0 Å². The Morgan fingerprint density at radius 3 is 2.89 bits per heavy atom. The molecule has 0 aliphatic rings. The van der Waals surface area contributed by atoms with Crippen molar-refractivity contribution in [2.24, 2.45) is 7.05 Å². The predicted octanol–water partition coefficient (Wildman–Crippen LogP) is 2.48. The SMILES string of the molecule is CCCOCCCNCc1nc2ccccc2n1C. The van der Waals surface area contributed by atoms with Crippen molar-refractivity contribution in [1.82, 2.24) is 14.9 Å². The Balaban J connectivity index is 1.77. The number of aryl methyl sites for hydroxylation is 1. The first-order valence-electron chi connectivity index (χ1n) is 7.01. The van der Waals surface area contributed by atoms with Gasteiger partial charge in [0.05, 0.1) is 17.6 Å². The molecule has 2 aromatic rings. The van der Waals surface area contributed by atoms with Crippen LogP contribution in [0.2, 0.25) is 0 Å². The van der Waals surface area contributed by atoms with E-state index in [1.54, 1.807) is 0 Å². The number of nitrogens with one attached hydrogen (secondary N) is 1. The van der Waals surface area contributed by atoms with Gasteiger partial charge in [-0.25, -0.2) is 4.98 Å². The Morgan fingerprint density at radius 2 is 2.11 bits per heavy atom. The van der Waals surface area contributed by atoms with Crippen molar-refractivity contribution in [3.8, 4) is 0 Å². The highest BCUT2D eigenvalue weighted by atomic mass is 16.5. The van der Waals surface area contributed by atoms with E-state index in [0.29, 0.717) is 0 Å². The second-order valence-electron chi connectivity index (χ2n) is 4.72. The van der Waals surface area contributed by atoms with Gasteiger partial charge in [0.1, 0.15) is 5.82 Å². The highest BCUT2D eigenvalue weighted by Crippen LogP contribution is 2.13. The third kappa shape index (κ3) is 3.78. The Morgan fingerprint density at radius 1 is 1.26 bits per heavy atom. The van der Waals surface area contributed by atoms with Gasteiger partial charge in [-0.1, -0.05) is 19.1 Å². The molecule has 2 rings (SSSR count). The summed E-state index contributed by atoms with van der Waals surface area (Å²) < 4.78 is 7.59. The van der Waals surface area contributed by atoms with Crippen molar-refractivity contribution < 1.29 is 4.74 Å². The van der Waals surface area contributed by atoms with Gasteiger partial charge in [0, 0.05) is 20.3 Å². The molecule has 104 valence electrons. The molecule has 0 atom stereocenters. The number of hydrogen-bond donors (Lipinski definition) is 1. The smallest absolute Gasteiger partial charge is 0.123 e. The van der Waals surface area contributed by atoms with E-state index in [9.17, 15) is 0 Å². The molecule has 1 aromatic heterocycles. The molecule has 0 spiro atoms. The molecule has 0 aliphatic carbocycles. The largest absolute Gasteiger partial charge is 0.381 e. The van der Waals surface area contributed by atoms with Crippen molar-refractivity contribution >= 4 is 11.0 Å². The van der Waals surface area contributed by atoms with Crippen LogP contribution in [0.4, 0.5) is 0 Å². The second kappa shape index (κ2) is 7.26. The first kappa shape index (κ1) is 14.0. The molecule has 0 unspecified atom stereocenters. The Kier molecular flexibility index (Phi) is 5.36. The van der Waals surface area contributed by atoms with Crippen LogP contribution >= 0.6 is 0 Å². The molecule has 0 radical (unpaired) electrons. The lowest BCUT2D eigenvalue weighted by Crippen LogP contribution is -2.18. The van der Waals surface area contributed by atoms with Gasteiger partial charge in [-0.2, -0.15) is 0 Å². The van der Waals surface area contributed by atoms with E-state index in [2.05, 4.69) is 41.0 Å². The Labute approximate surface area is 114 Å². The lowest BCUT2D eigenvalue weighted by Gasteiger charge is -2.05. The van der Waals surface area contributed by atoms with E-state index in [-0.39, 0.29) is 0 Å². The Bertz CT molecular complexity index is 507. The maximum Gasteiger partial charge on any atom is 0.123 e.